The van der Waals surface area contributed by atoms with E-state index in [0.29, 0.717) is 17.8 Å². The zero-order chi connectivity index (χ0) is 12.6. The van der Waals surface area contributed by atoms with Crippen LogP contribution in [0.3, 0.4) is 0 Å². The molecule has 0 spiro atoms. The van der Waals surface area contributed by atoms with Crippen molar-refractivity contribution < 1.29 is 28.6 Å². The number of hydrogen-bond donors (Lipinski definition) is 0. The van der Waals surface area contributed by atoms with Crippen molar-refractivity contribution in [3.63, 3.8) is 0 Å². The first-order chi connectivity index (χ1) is 7.41. The van der Waals surface area contributed by atoms with E-state index in [4.69, 9.17) is 10.2 Å². The molecule has 0 unspecified atom stereocenters. The molecule has 0 saturated carbocycles. The van der Waals surface area contributed by atoms with E-state index in [1.807, 2.05) is 0 Å². The van der Waals surface area contributed by atoms with E-state index in [9.17, 15) is 0 Å². The van der Waals surface area contributed by atoms with E-state index in [1.165, 1.54) is 0 Å². The molecule has 0 aliphatic carbocycles. The number of rotatable bonds is 9. The Labute approximate surface area is 108 Å². The van der Waals surface area contributed by atoms with Crippen LogP contribution in [-0.4, -0.2) is 19.8 Å². The van der Waals surface area contributed by atoms with Crippen molar-refractivity contribution in [1.82, 2.24) is 0 Å². The van der Waals surface area contributed by atoms with Crippen LogP contribution in [0.15, 0.2) is 0 Å². The van der Waals surface area contributed by atoms with E-state index in [0.717, 1.165) is 19.8 Å². The fourth-order valence-corrected chi connectivity index (χ4v) is 5.54. The van der Waals surface area contributed by atoms with Gasteiger partial charge in [0.25, 0.3) is 0 Å². The predicted molar refractivity (Wildman–Crippen MR) is 62.4 cm³/mol. The van der Waals surface area contributed by atoms with Crippen LogP contribution in [0.2, 0.25) is 0 Å². The summed E-state index contributed by atoms with van der Waals surface area (Å²) in [5, 5.41) is 0. The molecule has 3 nitrogen and oxygen atoms in total. The fraction of sp³-hybridized carbons (Fsp3) is 1.00. The van der Waals surface area contributed by atoms with Crippen molar-refractivity contribution in [2.75, 3.05) is 19.8 Å². The molecule has 16 heavy (non-hydrogen) atoms. The van der Waals surface area contributed by atoms with Crippen LogP contribution in [0.5, 0.6) is 0 Å². The summed E-state index contributed by atoms with van der Waals surface area (Å²) in [6, 6.07) is 0. The van der Waals surface area contributed by atoms with Gasteiger partial charge in [0, 0.05) is 0 Å². The summed E-state index contributed by atoms with van der Waals surface area (Å²) < 4.78 is 17.3. The minimum atomic E-state index is -2.46. The molecular formula is C12H27O3W. The first-order valence-electron chi connectivity index (χ1n) is 6.05. The van der Waals surface area contributed by atoms with Gasteiger partial charge < -0.3 is 0 Å². The summed E-state index contributed by atoms with van der Waals surface area (Å²) in [4.78, 5) is 0. The third kappa shape index (κ3) is 11.1. The van der Waals surface area contributed by atoms with Crippen molar-refractivity contribution in [3.05, 3.63) is 0 Å². The Morgan fingerprint density at radius 2 is 0.875 bits per heavy atom. The van der Waals surface area contributed by atoms with Crippen LogP contribution < -0.4 is 0 Å². The van der Waals surface area contributed by atoms with Crippen LogP contribution in [0.25, 0.3) is 0 Å². The molecule has 99 valence electrons. The third-order valence-electron chi connectivity index (χ3n) is 1.49. The molecule has 0 rings (SSSR count). The maximum atomic E-state index is 5.75. The van der Waals surface area contributed by atoms with Gasteiger partial charge in [-0.2, -0.15) is 0 Å². The molecule has 0 aromatic heterocycles. The fourth-order valence-electron chi connectivity index (χ4n) is 0.677. The van der Waals surface area contributed by atoms with Crippen molar-refractivity contribution in [2.45, 2.75) is 41.5 Å². The van der Waals surface area contributed by atoms with E-state index in [2.05, 4.69) is 41.5 Å². The van der Waals surface area contributed by atoms with E-state index in [-0.39, 0.29) is 0 Å². The van der Waals surface area contributed by atoms with E-state index < -0.39 is 18.5 Å². The van der Waals surface area contributed by atoms with Crippen LogP contribution in [0.1, 0.15) is 41.5 Å². The van der Waals surface area contributed by atoms with Gasteiger partial charge in [0.2, 0.25) is 0 Å². The molecule has 0 atom stereocenters. The summed E-state index contributed by atoms with van der Waals surface area (Å²) in [6.45, 7) is 15.1. The second-order valence-electron chi connectivity index (χ2n) is 5.24. The third-order valence-corrected chi connectivity index (χ3v) is 5.03. The SMILES string of the molecule is CC(C)C[O][W]([O]CC(C)C)[O]CC(C)C. The average molecular weight is 403 g/mol. The Morgan fingerprint density at radius 1 is 0.625 bits per heavy atom. The first kappa shape index (κ1) is 16.6. The molecule has 0 N–H and O–H groups in total. The summed E-state index contributed by atoms with van der Waals surface area (Å²) in [5.41, 5.74) is 0. The van der Waals surface area contributed by atoms with Crippen molar-refractivity contribution in [2.24, 2.45) is 17.8 Å². The van der Waals surface area contributed by atoms with E-state index >= 15 is 0 Å². The Hall–Kier alpha value is 0.568. The Balaban J connectivity index is 3.85. The number of hydrogen-bond acceptors (Lipinski definition) is 3. The Kier molecular flexibility index (Phi) is 9.92. The van der Waals surface area contributed by atoms with Crippen molar-refractivity contribution in [1.29, 1.82) is 0 Å². The van der Waals surface area contributed by atoms with Gasteiger partial charge in [-0.15, -0.1) is 0 Å². The normalized spacial score (nSPS) is 12.4. The quantitative estimate of drug-likeness (QED) is 0.591. The van der Waals surface area contributed by atoms with Gasteiger partial charge in [-0.25, -0.2) is 0 Å². The summed E-state index contributed by atoms with van der Waals surface area (Å²) in [6.07, 6.45) is 0. The second-order valence-corrected chi connectivity index (χ2v) is 9.25. The first-order valence-corrected chi connectivity index (χ1v) is 9.65. The molecule has 0 amide bonds. The molecule has 0 aromatic rings. The monoisotopic (exact) mass is 403 g/mol. The topological polar surface area (TPSA) is 27.7 Å². The molecule has 0 aliphatic heterocycles. The Bertz CT molecular complexity index is 132. The van der Waals surface area contributed by atoms with Gasteiger partial charge in [-0.1, -0.05) is 0 Å². The van der Waals surface area contributed by atoms with Gasteiger partial charge in [0.05, 0.1) is 0 Å². The zero-order valence-corrected chi connectivity index (χ0v) is 14.4. The molecule has 0 aliphatic rings. The molecule has 0 heterocycles. The standard InChI is InChI=1S/3C4H9O.W/c3*1-4(2)3-5;/h3*4H,3H2,1-2H3;/q3*-1;+3. The minimum absolute atomic E-state index is 0.542. The van der Waals surface area contributed by atoms with Crippen molar-refractivity contribution in [3.8, 4) is 0 Å². The Morgan fingerprint density at radius 3 is 1.06 bits per heavy atom. The summed E-state index contributed by atoms with van der Waals surface area (Å²) >= 11 is -2.46. The predicted octanol–water partition coefficient (Wildman–Crippen LogP) is 3.37. The van der Waals surface area contributed by atoms with Crippen LogP contribution in [0, 0.1) is 17.8 Å². The van der Waals surface area contributed by atoms with Gasteiger partial charge in [-0.3, -0.25) is 0 Å². The summed E-state index contributed by atoms with van der Waals surface area (Å²) in [5.74, 6) is 1.63. The maximum absolute atomic E-state index is 5.75. The van der Waals surface area contributed by atoms with Crippen LogP contribution in [0.4, 0.5) is 0 Å². The van der Waals surface area contributed by atoms with Crippen molar-refractivity contribution >= 4 is 0 Å². The molecule has 0 bridgehead atoms. The molecule has 0 radical (unpaired) electrons. The molecule has 0 saturated heterocycles. The van der Waals surface area contributed by atoms with Gasteiger partial charge in [0.15, 0.2) is 0 Å². The average Bonchev–Trinajstić information content (AvgIpc) is 2.15. The van der Waals surface area contributed by atoms with Gasteiger partial charge in [-0.05, 0) is 0 Å². The van der Waals surface area contributed by atoms with Crippen LogP contribution >= 0.6 is 0 Å². The van der Waals surface area contributed by atoms with Crippen LogP contribution in [-0.2, 0) is 28.6 Å². The summed E-state index contributed by atoms with van der Waals surface area (Å²) in [7, 11) is 0. The molecule has 0 fully saturated rings. The second kappa shape index (κ2) is 9.58. The van der Waals surface area contributed by atoms with E-state index in [1.54, 1.807) is 0 Å². The molecule has 0 aromatic carbocycles. The zero-order valence-electron chi connectivity index (χ0n) is 11.5. The van der Waals surface area contributed by atoms with Gasteiger partial charge >= 0.3 is 108 Å². The molecule has 4 heteroatoms. The van der Waals surface area contributed by atoms with Gasteiger partial charge in [0.1, 0.15) is 0 Å². The molecular weight excluding hydrogens is 376 g/mol.